The van der Waals surface area contributed by atoms with E-state index >= 15 is 0 Å². The van der Waals surface area contributed by atoms with Crippen LogP contribution in [-0.4, -0.2) is 47.5 Å². The van der Waals surface area contributed by atoms with Crippen LogP contribution in [0.1, 0.15) is 83.8 Å². The van der Waals surface area contributed by atoms with Gasteiger partial charge in [-0.15, -0.1) is 0 Å². The lowest BCUT2D eigenvalue weighted by Gasteiger charge is -2.31. The van der Waals surface area contributed by atoms with Crippen LogP contribution < -0.4 is 21.3 Å². The van der Waals surface area contributed by atoms with Gasteiger partial charge in [0.05, 0.1) is 6.04 Å². The van der Waals surface area contributed by atoms with Crippen molar-refractivity contribution in [3.8, 4) is 0 Å². The van der Waals surface area contributed by atoms with E-state index in [2.05, 4.69) is 42.0 Å². The number of hydrogen-bond donors (Lipinski definition) is 4. The van der Waals surface area contributed by atoms with E-state index < -0.39 is 53.0 Å². The fraction of sp³-hybridized carbons (Fsp3) is 0.485. The summed E-state index contributed by atoms with van der Waals surface area (Å²) in [5, 5.41) is 10.7. The maximum Gasteiger partial charge on any atom is 0.289 e. The summed E-state index contributed by atoms with van der Waals surface area (Å²) in [5.41, 5.74) is 1.75. The Bertz CT molecular complexity index is 1260. The average molecular weight is 579 g/mol. The number of carbonyl (C=O) groups excluding carboxylic acids is 5. The SMILES string of the molecule is CC(C)[C@H](NC(=O)[C@H](C)NC(=O)[C@@H](NC(=O)c1ccccc1)C(C)(C)C)C(=O)C(=O)NCc1ccc(C(C)(C)C)cc1. The van der Waals surface area contributed by atoms with Crippen LogP contribution in [-0.2, 0) is 31.1 Å². The molecule has 228 valence electrons. The number of rotatable bonds is 11. The van der Waals surface area contributed by atoms with Gasteiger partial charge in [0.25, 0.3) is 11.8 Å². The van der Waals surface area contributed by atoms with E-state index in [1.165, 1.54) is 6.92 Å². The fourth-order valence-electron chi connectivity index (χ4n) is 4.19. The molecule has 9 heteroatoms. The monoisotopic (exact) mass is 578 g/mol. The zero-order valence-corrected chi connectivity index (χ0v) is 26.3. The van der Waals surface area contributed by atoms with Crippen LogP contribution in [0.15, 0.2) is 54.6 Å². The Morgan fingerprint density at radius 1 is 0.714 bits per heavy atom. The third-order valence-corrected chi connectivity index (χ3v) is 6.94. The van der Waals surface area contributed by atoms with E-state index in [4.69, 9.17) is 0 Å². The predicted molar refractivity (Wildman–Crippen MR) is 164 cm³/mol. The molecule has 2 aromatic carbocycles. The minimum absolute atomic E-state index is 0.000792. The summed E-state index contributed by atoms with van der Waals surface area (Å²) >= 11 is 0. The molecule has 0 saturated heterocycles. The van der Waals surface area contributed by atoms with Gasteiger partial charge in [0, 0.05) is 12.1 Å². The van der Waals surface area contributed by atoms with Gasteiger partial charge >= 0.3 is 0 Å². The molecule has 0 aliphatic carbocycles. The van der Waals surface area contributed by atoms with Crippen molar-refractivity contribution in [2.45, 2.75) is 92.4 Å². The Morgan fingerprint density at radius 2 is 1.29 bits per heavy atom. The molecule has 4 amide bonds. The molecule has 2 rings (SSSR count). The first-order valence-corrected chi connectivity index (χ1v) is 14.3. The van der Waals surface area contributed by atoms with Gasteiger partial charge in [-0.3, -0.25) is 24.0 Å². The predicted octanol–water partition coefficient (Wildman–Crippen LogP) is 3.66. The van der Waals surface area contributed by atoms with E-state index in [0.717, 1.165) is 11.1 Å². The highest BCUT2D eigenvalue weighted by Gasteiger charge is 2.36. The molecular formula is C33H46N4O5. The summed E-state index contributed by atoms with van der Waals surface area (Å²) in [5.74, 6) is -3.54. The third-order valence-electron chi connectivity index (χ3n) is 6.94. The summed E-state index contributed by atoms with van der Waals surface area (Å²) in [7, 11) is 0. The van der Waals surface area contributed by atoms with Crippen molar-refractivity contribution < 1.29 is 24.0 Å². The van der Waals surface area contributed by atoms with Gasteiger partial charge in [-0.1, -0.05) is 97.9 Å². The van der Waals surface area contributed by atoms with Crippen molar-refractivity contribution in [3.05, 3.63) is 71.3 Å². The van der Waals surface area contributed by atoms with Gasteiger partial charge in [-0.2, -0.15) is 0 Å². The minimum Gasteiger partial charge on any atom is -0.345 e. The fourth-order valence-corrected chi connectivity index (χ4v) is 4.19. The Kier molecular flexibility index (Phi) is 11.6. The van der Waals surface area contributed by atoms with Crippen LogP contribution in [0.3, 0.4) is 0 Å². The average Bonchev–Trinajstić information content (AvgIpc) is 2.91. The van der Waals surface area contributed by atoms with Crippen molar-refractivity contribution >= 4 is 29.4 Å². The molecule has 0 saturated carbocycles. The van der Waals surface area contributed by atoms with Gasteiger partial charge in [-0.05, 0) is 46.9 Å². The maximum absolute atomic E-state index is 13.2. The third kappa shape index (κ3) is 9.82. The molecule has 0 unspecified atom stereocenters. The van der Waals surface area contributed by atoms with Crippen LogP contribution in [0.4, 0.5) is 0 Å². The van der Waals surface area contributed by atoms with Crippen LogP contribution in [0.25, 0.3) is 0 Å². The van der Waals surface area contributed by atoms with E-state index in [-0.39, 0.29) is 17.9 Å². The molecule has 42 heavy (non-hydrogen) atoms. The molecule has 0 heterocycles. The number of Topliss-reactive ketones (excluding diaryl/α,β-unsaturated/α-hetero) is 1. The van der Waals surface area contributed by atoms with E-state index in [1.54, 1.807) is 65.0 Å². The summed E-state index contributed by atoms with van der Waals surface area (Å²) in [6.45, 7) is 16.8. The number of hydrogen-bond acceptors (Lipinski definition) is 5. The smallest absolute Gasteiger partial charge is 0.289 e. The minimum atomic E-state index is -1.09. The van der Waals surface area contributed by atoms with Crippen LogP contribution in [0.2, 0.25) is 0 Å². The number of ketones is 1. The lowest BCUT2D eigenvalue weighted by molar-refractivity contribution is -0.141. The Balaban J connectivity index is 2.02. The Morgan fingerprint density at radius 3 is 1.79 bits per heavy atom. The summed E-state index contributed by atoms with van der Waals surface area (Å²) in [4.78, 5) is 64.7. The van der Waals surface area contributed by atoms with E-state index in [0.29, 0.717) is 5.56 Å². The second-order valence-electron chi connectivity index (χ2n) is 13.1. The molecule has 0 radical (unpaired) electrons. The van der Waals surface area contributed by atoms with Crippen molar-refractivity contribution in [2.24, 2.45) is 11.3 Å². The highest BCUT2D eigenvalue weighted by molar-refractivity contribution is 6.38. The van der Waals surface area contributed by atoms with Gasteiger partial charge in [0.2, 0.25) is 17.6 Å². The highest BCUT2D eigenvalue weighted by Crippen LogP contribution is 2.22. The standard InChI is InChI=1S/C33H46N4O5/c1-20(2)25(26(38)30(41)34-19-22-15-17-24(18-16-22)32(4,5)6)36-28(39)21(3)35-31(42)27(33(7,8)9)37-29(40)23-13-11-10-12-14-23/h10-18,20-21,25,27H,19H2,1-9H3,(H,34,41)(H,35,42)(H,36,39)(H,37,40)/t21-,25-,27+/m0/s1. The lowest BCUT2D eigenvalue weighted by Crippen LogP contribution is -2.59. The molecule has 0 aliphatic rings. The van der Waals surface area contributed by atoms with Crippen molar-refractivity contribution in [1.29, 1.82) is 0 Å². The molecule has 3 atom stereocenters. The molecule has 0 bridgehead atoms. The Hall–Kier alpha value is -4.01. The molecule has 0 spiro atoms. The van der Waals surface area contributed by atoms with Gasteiger partial charge in [0.15, 0.2) is 0 Å². The maximum atomic E-state index is 13.2. The lowest BCUT2D eigenvalue weighted by atomic mass is 9.85. The molecule has 2 aromatic rings. The molecule has 9 nitrogen and oxygen atoms in total. The van der Waals surface area contributed by atoms with E-state index in [9.17, 15) is 24.0 Å². The highest BCUT2D eigenvalue weighted by atomic mass is 16.2. The second kappa shape index (κ2) is 14.2. The van der Waals surface area contributed by atoms with Gasteiger partial charge in [0.1, 0.15) is 12.1 Å². The largest absolute Gasteiger partial charge is 0.345 e. The van der Waals surface area contributed by atoms with Gasteiger partial charge < -0.3 is 21.3 Å². The van der Waals surface area contributed by atoms with Crippen molar-refractivity contribution in [1.82, 2.24) is 21.3 Å². The molecule has 4 N–H and O–H groups in total. The zero-order chi connectivity index (χ0) is 31.8. The first-order valence-electron chi connectivity index (χ1n) is 14.3. The van der Waals surface area contributed by atoms with Crippen LogP contribution >= 0.6 is 0 Å². The van der Waals surface area contributed by atoms with E-state index in [1.807, 2.05) is 24.3 Å². The van der Waals surface area contributed by atoms with Crippen LogP contribution in [0.5, 0.6) is 0 Å². The summed E-state index contributed by atoms with van der Waals surface area (Å²) < 4.78 is 0. The summed E-state index contributed by atoms with van der Waals surface area (Å²) in [6.07, 6.45) is 0. The molecule has 0 fully saturated rings. The number of nitrogens with one attached hydrogen (secondary N) is 4. The Labute approximate surface area is 249 Å². The quantitative estimate of drug-likeness (QED) is 0.302. The zero-order valence-electron chi connectivity index (χ0n) is 26.3. The van der Waals surface area contributed by atoms with Gasteiger partial charge in [-0.25, -0.2) is 0 Å². The molecular weight excluding hydrogens is 532 g/mol. The summed E-state index contributed by atoms with van der Waals surface area (Å²) in [6, 6.07) is 13.3. The van der Waals surface area contributed by atoms with Crippen molar-refractivity contribution in [3.63, 3.8) is 0 Å². The normalized spacial score (nSPS) is 13.9. The first kappa shape index (κ1) is 34.2. The first-order chi connectivity index (χ1) is 19.4. The second-order valence-corrected chi connectivity index (χ2v) is 13.1. The number of amides is 4. The van der Waals surface area contributed by atoms with Crippen LogP contribution in [0, 0.1) is 11.3 Å². The number of carbonyl (C=O) groups is 5. The van der Waals surface area contributed by atoms with Crippen molar-refractivity contribution in [2.75, 3.05) is 0 Å². The number of benzene rings is 2. The molecule has 0 aromatic heterocycles. The topological polar surface area (TPSA) is 133 Å². The molecule has 0 aliphatic heterocycles.